The van der Waals surface area contributed by atoms with E-state index in [9.17, 15) is 13.2 Å². The third-order valence-electron chi connectivity index (χ3n) is 3.33. The second-order valence-electron chi connectivity index (χ2n) is 4.50. The number of benzene rings is 1. The molecule has 1 aromatic carbocycles. The first-order valence-corrected chi connectivity index (χ1v) is 9.55. The van der Waals surface area contributed by atoms with Crippen LogP contribution in [0.15, 0.2) is 18.2 Å². The SMILES string of the molecule is CCS(=O)(=O)C1CSCCN1c1cc(Cl)ccc1C=O. The maximum absolute atomic E-state index is 12.2. The first kappa shape index (κ1) is 15.7. The van der Waals surface area contributed by atoms with E-state index in [1.165, 1.54) is 0 Å². The molecular weight excluding hydrogens is 318 g/mol. The Balaban J connectivity index is 2.48. The molecule has 1 saturated heterocycles. The van der Waals surface area contributed by atoms with Gasteiger partial charge in [-0.1, -0.05) is 18.5 Å². The summed E-state index contributed by atoms with van der Waals surface area (Å²) in [4.78, 5) is 13.0. The molecule has 1 fully saturated rings. The molecule has 0 N–H and O–H groups in total. The van der Waals surface area contributed by atoms with Gasteiger partial charge in [-0.05, 0) is 18.2 Å². The second-order valence-corrected chi connectivity index (χ2v) is 8.53. The highest BCUT2D eigenvalue weighted by Crippen LogP contribution is 2.31. The van der Waals surface area contributed by atoms with E-state index in [4.69, 9.17) is 11.6 Å². The Bertz CT molecular complexity index is 604. The predicted molar refractivity (Wildman–Crippen MR) is 84.8 cm³/mol. The third kappa shape index (κ3) is 3.13. The maximum atomic E-state index is 12.2. The number of sulfone groups is 1. The number of anilines is 1. The number of hydrogen-bond acceptors (Lipinski definition) is 5. The van der Waals surface area contributed by atoms with Gasteiger partial charge in [0.2, 0.25) is 0 Å². The molecule has 0 amide bonds. The number of halogens is 1. The standard InChI is InChI=1S/C13H16ClNO3S2/c1-2-20(17,18)13-9-19-6-5-15(13)12-7-11(14)4-3-10(12)8-16/h3-4,7-8,13H,2,5-6,9H2,1H3. The van der Waals surface area contributed by atoms with Crippen molar-refractivity contribution in [3.8, 4) is 0 Å². The average Bonchev–Trinajstić information content (AvgIpc) is 2.47. The van der Waals surface area contributed by atoms with E-state index in [1.54, 1.807) is 41.8 Å². The number of rotatable bonds is 4. The molecule has 1 aliphatic rings. The van der Waals surface area contributed by atoms with Gasteiger partial charge in [0.25, 0.3) is 0 Å². The van der Waals surface area contributed by atoms with Crippen LogP contribution in [0, 0.1) is 0 Å². The maximum Gasteiger partial charge on any atom is 0.171 e. The van der Waals surface area contributed by atoms with Crippen LogP contribution in [0.25, 0.3) is 0 Å². The summed E-state index contributed by atoms with van der Waals surface area (Å²) in [5.74, 6) is 1.44. The van der Waals surface area contributed by atoms with Crippen molar-refractivity contribution in [2.24, 2.45) is 0 Å². The monoisotopic (exact) mass is 333 g/mol. The lowest BCUT2D eigenvalue weighted by Crippen LogP contribution is -2.48. The molecule has 110 valence electrons. The lowest BCUT2D eigenvalue weighted by atomic mass is 10.1. The average molecular weight is 334 g/mol. The fourth-order valence-corrected chi connectivity index (χ4v) is 5.36. The van der Waals surface area contributed by atoms with Gasteiger partial charge < -0.3 is 4.90 Å². The van der Waals surface area contributed by atoms with Gasteiger partial charge in [-0.3, -0.25) is 4.79 Å². The first-order valence-electron chi connectivity index (χ1n) is 6.30. The van der Waals surface area contributed by atoms with Gasteiger partial charge in [0, 0.05) is 40.1 Å². The zero-order valence-electron chi connectivity index (χ0n) is 11.1. The quantitative estimate of drug-likeness (QED) is 0.792. The number of carbonyl (C=O) groups is 1. The highest BCUT2D eigenvalue weighted by Gasteiger charge is 2.33. The number of thioether (sulfide) groups is 1. The van der Waals surface area contributed by atoms with Crippen LogP contribution in [0.5, 0.6) is 0 Å². The Kier molecular flexibility index (Phi) is 4.99. The number of carbonyl (C=O) groups excluding carboxylic acids is 1. The van der Waals surface area contributed by atoms with Gasteiger partial charge >= 0.3 is 0 Å². The lowest BCUT2D eigenvalue weighted by Gasteiger charge is -2.37. The lowest BCUT2D eigenvalue weighted by molar-refractivity contribution is 0.112. The number of aldehydes is 1. The highest BCUT2D eigenvalue weighted by molar-refractivity contribution is 8.01. The van der Waals surface area contributed by atoms with Crippen molar-refractivity contribution in [3.63, 3.8) is 0 Å². The number of hydrogen-bond donors (Lipinski definition) is 0. The van der Waals surface area contributed by atoms with Crippen LogP contribution in [0.2, 0.25) is 5.02 Å². The van der Waals surface area contributed by atoms with E-state index < -0.39 is 15.2 Å². The minimum absolute atomic E-state index is 0.0890. The topological polar surface area (TPSA) is 54.5 Å². The molecule has 1 aliphatic heterocycles. The molecule has 0 aromatic heterocycles. The van der Waals surface area contributed by atoms with Crippen LogP contribution in [0.1, 0.15) is 17.3 Å². The van der Waals surface area contributed by atoms with Crippen LogP contribution in [-0.4, -0.2) is 43.9 Å². The molecule has 1 aromatic rings. The summed E-state index contributed by atoms with van der Waals surface area (Å²) in [6, 6.07) is 4.93. The summed E-state index contributed by atoms with van der Waals surface area (Å²) in [5.41, 5.74) is 1.08. The van der Waals surface area contributed by atoms with Crippen molar-refractivity contribution in [3.05, 3.63) is 28.8 Å². The van der Waals surface area contributed by atoms with Crippen molar-refractivity contribution < 1.29 is 13.2 Å². The summed E-state index contributed by atoms with van der Waals surface area (Å²) < 4.78 is 24.5. The van der Waals surface area contributed by atoms with E-state index >= 15 is 0 Å². The largest absolute Gasteiger partial charge is 0.353 e. The van der Waals surface area contributed by atoms with Gasteiger partial charge in [-0.2, -0.15) is 11.8 Å². The Hall–Kier alpha value is -0.720. The molecular formula is C13H16ClNO3S2. The van der Waals surface area contributed by atoms with E-state index in [2.05, 4.69) is 0 Å². The zero-order chi connectivity index (χ0) is 14.8. The van der Waals surface area contributed by atoms with E-state index in [0.717, 1.165) is 12.0 Å². The van der Waals surface area contributed by atoms with E-state index in [-0.39, 0.29) is 5.75 Å². The molecule has 1 unspecified atom stereocenters. The summed E-state index contributed by atoms with van der Waals surface area (Å²) in [7, 11) is -3.21. The molecule has 1 heterocycles. The van der Waals surface area contributed by atoms with Crippen LogP contribution in [0.3, 0.4) is 0 Å². The van der Waals surface area contributed by atoms with E-state index in [0.29, 0.717) is 28.6 Å². The Morgan fingerprint density at radius 3 is 2.90 bits per heavy atom. The summed E-state index contributed by atoms with van der Waals surface area (Å²) in [6.07, 6.45) is 0.739. The molecule has 2 rings (SSSR count). The molecule has 0 saturated carbocycles. The van der Waals surface area contributed by atoms with Gasteiger partial charge in [-0.25, -0.2) is 8.42 Å². The van der Waals surface area contributed by atoms with Crippen molar-refractivity contribution in [1.82, 2.24) is 0 Å². The fraction of sp³-hybridized carbons (Fsp3) is 0.462. The molecule has 4 nitrogen and oxygen atoms in total. The summed E-state index contributed by atoms with van der Waals surface area (Å²) >= 11 is 7.61. The summed E-state index contributed by atoms with van der Waals surface area (Å²) in [6.45, 7) is 2.24. The molecule has 7 heteroatoms. The summed E-state index contributed by atoms with van der Waals surface area (Å²) in [5, 5.41) is -0.0973. The Morgan fingerprint density at radius 1 is 1.50 bits per heavy atom. The van der Waals surface area contributed by atoms with Gasteiger partial charge in [-0.15, -0.1) is 0 Å². The third-order valence-corrected chi connectivity index (χ3v) is 6.85. The molecule has 0 aliphatic carbocycles. The first-order chi connectivity index (χ1) is 9.49. The van der Waals surface area contributed by atoms with Crippen molar-refractivity contribution in [2.75, 3.05) is 28.7 Å². The fourth-order valence-electron chi connectivity index (χ4n) is 2.21. The molecule has 0 bridgehead atoms. The smallest absolute Gasteiger partial charge is 0.171 e. The minimum Gasteiger partial charge on any atom is -0.353 e. The van der Waals surface area contributed by atoms with E-state index in [1.807, 2.05) is 0 Å². The molecule has 20 heavy (non-hydrogen) atoms. The Morgan fingerprint density at radius 2 is 2.25 bits per heavy atom. The Labute approximate surface area is 128 Å². The zero-order valence-corrected chi connectivity index (χ0v) is 13.5. The van der Waals surface area contributed by atoms with Crippen LogP contribution < -0.4 is 4.90 Å². The molecule has 0 spiro atoms. The second kappa shape index (κ2) is 6.37. The normalized spacial score (nSPS) is 19.9. The molecule has 0 radical (unpaired) electrons. The van der Waals surface area contributed by atoms with Crippen LogP contribution >= 0.6 is 23.4 Å². The van der Waals surface area contributed by atoms with Crippen molar-refractivity contribution >= 4 is 45.2 Å². The number of nitrogens with zero attached hydrogens (tertiary/aromatic N) is 1. The molecule has 1 atom stereocenters. The van der Waals surface area contributed by atoms with Crippen LogP contribution in [0.4, 0.5) is 5.69 Å². The van der Waals surface area contributed by atoms with Gasteiger partial charge in [0.1, 0.15) is 5.37 Å². The van der Waals surface area contributed by atoms with Crippen molar-refractivity contribution in [2.45, 2.75) is 12.3 Å². The highest BCUT2D eigenvalue weighted by atomic mass is 35.5. The van der Waals surface area contributed by atoms with Crippen molar-refractivity contribution in [1.29, 1.82) is 0 Å². The van der Waals surface area contributed by atoms with Gasteiger partial charge in [0.05, 0.1) is 0 Å². The predicted octanol–water partition coefficient (Wildman–Crippen LogP) is 2.47. The minimum atomic E-state index is -3.21. The van der Waals surface area contributed by atoms with Gasteiger partial charge in [0.15, 0.2) is 16.1 Å². The van der Waals surface area contributed by atoms with Crippen LogP contribution in [-0.2, 0) is 9.84 Å².